The molecular formula is C56H78N2O14+2. The van der Waals surface area contributed by atoms with Crippen LogP contribution in [0.5, 0.6) is 57.5 Å². The summed E-state index contributed by atoms with van der Waals surface area (Å²) < 4.78 is 69.6. The second kappa shape index (κ2) is 25.4. The third-order valence-corrected chi connectivity index (χ3v) is 14.8. The molecule has 0 radical (unpaired) electrons. The lowest BCUT2D eigenvalue weighted by atomic mass is 9.86. The summed E-state index contributed by atoms with van der Waals surface area (Å²) >= 11 is 0. The number of likely N-dealkylation sites (N-methyl/N-ethyl adjacent to an activating group) is 2. The van der Waals surface area contributed by atoms with Gasteiger partial charge in [-0.2, -0.15) is 0 Å². The molecule has 2 aliphatic rings. The second-order valence-electron chi connectivity index (χ2n) is 19.0. The number of unbranched alkanes of at least 4 members (excludes halogenated alkanes) is 3. The highest BCUT2D eigenvalue weighted by molar-refractivity contribution is 5.70. The van der Waals surface area contributed by atoms with E-state index >= 15 is 0 Å². The lowest BCUT2D eigenvalue weighted by Crippen LogP contribution is -2.53. The highest BCUT2D eigenvalue weighted by atomic mass is 16.6. The quantitative estimate of drug-likeness (QED) is 0.0320. The van der Waals surface area contributed by atoms with Crippen molar-refractivity contribution in [2.24, 2.45) is 0 Å². The fraction of sp³-hybridized carbons (Fsp3) is 0.536. The van der Waals surface area contributed by atoms with Crippen molar-refractivity contribution < 1.29 is 75.4 Å². The normalized spacial score (nSPS) is 18.9. The summed E-state index contributed by atoms with van der Waals surface area (Å²) in [5.74, 6) is 5.70. The van der Waals surface area contributed by atoms with E-state index in [9.17, 15) is 9.59 Å². The van der Waals surface area contributed by atoms with Crippen molar-refractivity contribution in [3.05, 3.63) is 81.9 Å². The molecule has 0 aliphatic carbocycles. The third kappa shape index (κ3) is 12.7. The van der Waals surface area contributed by atoms with Crippen molar-refractivity contribution >= 4 is 11.9 Å². The maximum atomic E-state index is 13.3. The number of ether oxygens (including phenoxy) is 12. The van der Waals surface area contributed by atoms with Gasteiger partial charge in [0, 0.05) is 36.8 Å². The Balaban J connectivity index is 0.990. The SMILES string of the molecule is COc1cc2c(cc1OC)[C@@H](Cc1cc(OC)c(OC)c(OC)c1)[N+](C)(CCC(=O)OCCCCCCOC(=O)CC[N+]1(C)CCc3cc(OC)c(OC)cc3[C@H]1Cc1cc(OC)c(OC)c(OC)c1)CC2. The molecule has 6 rings (SSSR count). The Morgan fingerprint density at radius 1 is 0.431 bits per heavy atom. The van der Waals surface area contributed by atoms with Crippen LogP contribution in [0.1, 0.15) is 84.0 Å². The second-order valence-corrected chi connectivity index (χ2v) is 19.0. The van der Waals surface area contributed by atoms with E-state index in [1.54, 1.807) is 71.1 Å². The summed E-state index contributed by atoms with van der Waals surface area (Å²) in [6.45, 7) is 3.52. The number of carbonyl (C=O) groups is 2. The first-order chi connectivity index (χ1) is 34.7. The smallest absolute Gasteiger partial charge is 0.311 e. The van der Waals surface area contributed by atoms with Crippen LogP contribution < -0.4 is 47.4 Å². The van der Waals surface area contributed by atoms with Crippen molar-refractivity contribution in [2.75, 3.05) is 125 Å². The van der Waals surface area contributed by atoms with Crippen LogP contribution in [0.15, 0.2) is 48.5 Å². The summed E-state index contributed by atoms with van der Waals surface area (Å²) in [5.41, 5.74) is 6.72. The van der Waals surface area contributed by atoms with Gasteiger partial charge in [0.15, 0.2) is 46.0 Å². The molecule has 0 amide bonds. The number of carbonyl (C=O) groups excluding carboxylic acids is 2. The Morgan fingerprint density at radius 2 is 0.750 bits per heavy atom. The molecule has 2 unspecified atom stereocenters. The van der Waals surface area contributed by atoms with E-state index in [1.165, 1.54) is 11.1 Å². The van der Waals surface area contributed by atoms with E-state index < -0.39 is 0 Å². The van der Waals surface area contributed by atoms with Gasteiger partial charge in [-0.05, 0) is 96.5 Å². The summed E-state index contributed by atoms with van der Waals surface area (Å²) in [5, 5.41) is 0. The Kier molecular flexibility index (Phi) is 19.4. The van der Waals surface area contributed by atoms with E-state index in [4.69, 9.17) is 56.8 Å². The van der Waals surface area contributed by atoms with Crippen molar-refractivity contribution in [3.63, 3.8) is 0 Å². The molecule has 394 valence electrons. The summed E-state index contributed by atoms with van der Waals surface area (Å²) in [4.78, 5) is 26.5. The maximum Gasteiger partial charge on any atom is 0.311 e. The number of hydrogen-bond donors (Lipinski definition) is 0. The van der Waals surface area contributed by atoms with Gasteiger partial charge in [0.25, 0.3) is 0 Å². The van der Waals surface area contributed by atoms with Crippen molar-refractivity contribution in [1.29, 1.82) is 0 Å². The zero-order valence-corrected chi connectivity index (χ0v) is 44.7. The minimum atomic E-state index is -0.217. The number of methoxy groups -OCH3 is 10. The molecule has 0 saturated carbocycles. The number of nitrogens with zero attached hydrogens (tertiary/aromatic N) is 2. The molecule has 4 aromatic rings. The average molecular weight is 1000 g/mol. The number of benzene rings is 4. The standard InChI is InChI=1S/C56H78N2O14/c1-57(21-17-39-33-45(61-3)47(63-5)35-41(39)43(57)27-37-29-49(65-7)55(69-11)50(30-37)66-8)23-19-53(59)71-25-15-13-14-16-26-72-54(60)20-24-58(2)22-18-40-34-46(62-4)48(64-6)36-42(40)44(58)28-38-31-51(67-9)56(70-12)52(32-38)68-10/h29-36,43-44H,13-28H2,1-12H3/q+2/t43-,44-,57?,58?/m1/s1. The third-order valence-electron chi connectivity index (χ3n) is 14.8. The number of hydrogen-bond acceptors (Lipinski definition) is 14. The molecule has 4 atom stereocenters. The summed E-state index contributed by atoms with van der Waals surface area (Å²) in [7, 11) is 20.7. The first-order valence-electron chi connectivity index (χ1n) is 24.8. The molecule has 16 nitrogen and oxygen atoms in total. The molecule has 2 aliphatic heterocycles. The van der Waals surface area contributed by atoms with Crippen molar-refractivity contribution in [3.8, 4) is 57.5 Å². The fourth-order valence-corrected chi connectivity index (χ4v) is 10.6. The van der Waals surface area contributed by atoms with Gasteiger partial charge in [-0.15, -0.1) is 0 Å². The Hall–Kier alpha value is -6.26. The Morgan fingerprint density at radius 3 is 1.06 bits per heavy atom. The van der Waals surface area contributed by atoms with E-state index in [1.807, 2.05) is 24.3 Å². The average Bonchev–Trinajstić information content (AvgIpc) is 3.40. The number of esters is 2. The van der Waals surface area contributed by atoms with E-state index in [-0.39, 0.29) is 36.9 Å². The fourth-order valence-electron chi connectivity index (χ4n) is 10.6. The predicted octanol–water partition coefficient (Wildman–Crippen LogP) is 8.47. The van der Waals surface area contributed by atoms with Crippen LogP contribution in [0.2, 0.25) is 0 Å². The molecule has 0 N–H and O–H groups in total. The van der Waals surface area contributed by atoms with E-state index in [0.717, 1.165) is 73.9 Å². The highest BCUT2D eigenvalue weighted by Crippen LogP contribution is 2.47. The van der Waals surface area contributed by atoms with Gasteiger partial charge in [-0.3, -0.25) is 9.59 Å². The van der Waals surface area contributed by atoms with Crippen LogP contribution in [-0.2, 0) is 44.7 Å². The first-order valence-corrected chi connectivity index (χ1v) is 24.8. The van der Waals surface area contributed by atoms with Gasteiger partial charge in [0.2, 0.25) is 11.5 Å². The predicted molar refractivity (Wildman–Crippen MR) is 273 cm³/mol. The first kappa shape index (κ1) is 55.1. The number of fused-ring (bicyclic) bond motifs is 2. The van der Waals surface area contributed by atoms with E-state index in [2.05, 4.69) is 38.4 Å². The zero-order chi connectivity index (χ0) is 52.0. The molecule has 72 heavy (non-hydrogen) atoms. The minimum absolute atomic E-state index is 0.0166. The van der Waals surface area contributed by atoms with Crippen LogP contribution in [0, 0.1) is 0 Å². The van der Waals surface area contributed by atoms with E-state index in [0.29, 0.717) is 106 Å². The molecule has 0 saturated heterocycles. The van der Waals surface area contributed by atoms with Crippen molar-refractivity contribution in [1.82, 2.24) is 0 Å². The lowest BCUT2D eigenvalue weighted by Gasteiger charge is -2.46. The molecule has 0 aromatic heterocycles. The highest BCUT2D eigenvalue weighted by Gasteiger charge is 2.42. The van der Waals surface area contributed by atoms with Crippen LogP contribution in [0.25, 0.3) is 0 Å². The lowest BCUT2D eigenvalue weighted by molar-refractivity contribution is -0.940. The molecule has 2 heterocycles. The molecule has 16 heteroatoms. The minimum Gasteiger partial charge on any atom is -0.493 e. The molecule has 0 bridgehead atoms. The molecule has 4 aromatic carbocycles. The molecule has 0 spiro atoms. The Bertz CT molecular complexity index is 2260. The summed E-state index contributed by atoms with van der Waals surface area (Å²) in [6.07, 6.45) is 6.65. The zero-order valence-electron chi connectivity index (χ0n) is 44.7. The molecular weight excluding hydrogens is 925 g/mol. The van der Waals surface area contributed by atoms with Crippen molar-refractivity contribution in [2.45, 2.75) is 76.3 Å². The van der Waals surface area contributed by atoms with Crippen LogP contribution in [0.3, 0.4) is 0 Å². The van der Waals surface area contributed by atoms with Gasteiger partial charge >= 0.3 is 11.9 Å². The summed E-state index contributed by atoms with van der Waals surface area (Å²) in [6, 6.07) is 16.2. The van der Waals surface area contributed by atoms with Crippen LogP contribution >= 0.6 is 0 Å². The topological polar surface area (TPSA) is 145 Å². The Labute approximate surface area is 426 Å². The molecule has 0 fully saturated rings. The maximum absolute atomic E-state index is 13.3. The number of rotatable bonds is 27. The monoisotopic (exact) mass is 1000 g/mol. The van der Waals surface area contributed by atoms with Gasteiger partial charge in [-0.1, -0.05) is 0 Å². The largest absolute Gasteiger partial charge is 0.493 e. The van der Waals surface area contributed by atoms with Crippen LogP contribution in [-0.4, -0.2) is 145 Å². The van der Waals surface area contributed by atoms with Gasteiger partial charge in [0.1, 0.15) is 12.1 Å². The number of quaternary nitrogens is 2. The van der Waals surface area contributed by atoms with Gasteiger partial charge in [-0.25, -0.2) is 0 Å². The van der Waals surface area contributed by atoms with Crippen LogP contribution in [0.4, 0.5) is 0 Å². The van der Waals surface area contributed by atoms with Gasteiger partial charge in [0.05, 0.1) is 137 Å². The van der Waals surface area contributed by atoms with Gasteiger partial charge < -0.3 is 65.8 Å².